The smallest absolute Gasteiger partial charge is 0.326 e. The van der Waals surface area contributed by atoms with Gasteiger partial charge in [0, 0.05) is 6.54 Å². The molecular formula is C21H25NO3. The number of aliphatic hydroxyl groups excluding tert-OH is 1. The SMILES string of the molecule is COC(=O)[C@]1(NCc2ccc(-c3ccccc3)cc2)CC[C@H](O)CC1. The molecule has 0 atom stereocenters. The monoisotopic (exact) mass is 339 g/mol. The third-order valence-electron chi connectivity index (χ3n) is 5.08. The molecule has 2 aromatic rings. The van der Waals surface area contributed by atoms with Crippen LogP contribution in [-0.2, 0) is 16.1 Å². The number of nitrogens with one attached hydrogen (secondary N) is 1. The molecule has 132 valence electrons. The van der Waals surface area contributed by atoms with Gasteiger partial charge in [0.25, 0.3) is 0 Å². The first kappa shape index (κ1) is 17.6. The van der Waals surface area contributed by atoms with Crippen molar-refractivity contribution in [2.24, 2.45) is 0 Å². The summed E-state index contributed by atoms with van der Waals surface area (Å²) in [6, 6.07) is 18.6. The molecule has 2 aromatic carbocycles. The van der Waals surface area contributed by atoms with E-state index in [-0.39, 0.29) is 12.1 Å². The number of methoxy groups -OCH3 is 1. The zero-order valence-corrected chi connectivity index (χ0v) is 14.6. The van der Waals surface area contributed by atoms with E-state index in [9.17, 15) is 9.90 Å². The van der Waals surface area contributed by atoms with Crippen LogP contribution in [0.1, 0.15) is 31.2 Å². The third-order valence-corrected chi connectivity index (χ3v) is 5.08. The fraction of sp³-hybridized carbons (Fsp3) is 0.381. The second-order valence-corrected chi connectivity index (χ2v) is 6.72. The van der Waals surface area contributed by atoms with Crippen LogP contribution in [0.25, 0.3) is 11.1 Å². The Kier molecular flexibility index (Phi) is 5.51. The van der Waals surface area contributed by atoms with Gasteiger partial charge in [0.15, 0.2) is 0 Å². The number of benzene rings is 2. The highest BCUT2D eigenvalue weighted by Crippen LogP contribution is 2.30. The average Bonchev–Trinajstić information content (AvgIpc) is 2.68. The summed E-state index contributed by atoms with van der Waals surface area (Å²) in [5.41, 5.74) is 2.79. The molecule has 0 aliphatic heterocycles. The van der Waals surface area contributed by atoms with Gasteiger partial charge in [-0.25, -0.2) is 0 Å². The van der Waals surface area contributed by atoms with Crippen LogP contribution in [0.4, 0.5) is 0 Å². The van der Waals surface area contributed by atoms with E-state index in [0.29, 0.717) is 32.2 Å². The highest BCUT2D eigenvalue weighted by molar-refractivity contribution is 5.81. The lowest BCUT2D eigenvalue weighted by Gasteiger charge is -2.37. The number of esters is 1. The number of hydrogen-bond donors (Lipinski definition) is 2. The summed E-state index contributed by atoms with van der Waals surface area (Å²) in [6.45, 7) is 0.597. The van der Waals surface area contributed by atoms with E-state index in [4.69, 9.17) is 4.74 Å². The van der Waals surface area contributed by atoms with Crippen LogP contribution in [0, 0.1) is 0 Å². The molecule has 0 bridgehead atoms. The van der Waals surface area contributed by atoms with Crippen LogP contribution in [0.15, 0.2) is 54.6 Å². The quantitative estimate of drug-likeness (QED) is 0.821. The molecule has 0 aromatic heterocycles. The van der Waals surface area contributed by atoms with Gasteiger partial charge in [0.1, 0.15) is 5.54 Å². The average molecular weight is 339 g/mol. The number of aliphatic hydroxyl groups is 1. The Bertz CT molecular complexity index is 689. The molecule has 0 spiro atoms. The van der Waals surface area contributed by atoms with Crippen molar-refractivity contribution < 1.29 is 14.6 Å². The van der Waals surface area contributed by atoms with E-state index >= 15 is 0 Å². The fourth-order valence-electron chi connectivity index (χ4n) is 3.46. The Morgan fingerprint density at radius 3 is 2.28 bits per heavy atom. The van der Waals surface area contributed by atoms with Crippen molar-refractivity contribution in [2.75, 3.05) is 7.11 Å². The van der Waals surface area contributed by atoms with Gasteiger partial charge in [-0.3, -0.25) is 10.1 Å². The number of carbonyl (C=O) groups excluding carboxylic acids is 1. The maximum atomic E-state index is 12.3. The van der Waals surface area contributed by atoms with Crippen molar-refractivity contribution in [2.45, 2.75) is 43.9 Å². The summed E-state index contributed by atoms with van der Waals surface area (Å²) in [7, 11) is 1.42. The first-order valence-electron chi connectivity index (χ1n) is 8.79. The number of ether oxygens (including phenoxy) is 1. The Labute approximate surface area is 148 Å². The molecule has 0 heterocycles. The van der Waals surface area contributed by atoms with E-state index in [1.165, 1.54) is 18.2 Å². The molecule has 2 N–H and O–H groups in total. The van der Waals surface area contributed by atoms with Crippen molar-refractivity contribution >= 4 is 5.97 Å². The Morgan fingerprint density at radius 1 is 1.08 bits per heavy atom. The normalized spacial score (nSPS) is 23.2. The largest absolute Gasteiger partial charge is 0.468 e. The third kappa shape index (κ3) is 4.09. The van der Waals surface area contributed by atoms with Crippen LogP contribution in [-0.4, -0.2) is 29.8 Å². The van der Waals surface area contributed by atoms with Crippen LogP contribution in [0.5, 0.6) is 0 Å². The summed E-state index contributed by atoms with van der Waals surface area (Å²) >= 11 is 0. The molecule has 0 saturated heterocycles. The highest BCUT2D eigenvalue weighted by Gasteiger charge is 2.42. The van der Waals surface area contributed by atoms with Gasteiger partial charge in [0.2, 0.25) is 0 Å². The zero-order chi connectivity index (χ0) is 17.7. The summed E-state index contributed by atoms with van der Waals surface area (Å²) < 4.78 is 5.01. The van der Waals surface area contributed by atoms with Gasteiger partial charge in [-0.05, 0) is 42.4 Å². The molecule has 4 heteroatoms. The summed E-state index contributed by atoms with van der Waals surface area (Å²) in [6.07, 6.45) is 2.13. The number of carbonyl (C=O) groups is 1. The second kappa shape index (κ2) is 7.81. The maximum absolute atomic E-state index is 12.3. The topological polar surface area (TPSA) is 58.6 Å². The van der Waals surface area contributed by atoms with E-state index in [0.717, 1.165) is 5.56 Å². The second-order valence-electron chi connectivity index (χ2n) is 6.72. The molecule has 1 aliphatic carbocycles. The van der Waals surface area contributed by atoms with Crippen LogP contribution in [0.2, 0.25) is 0 Å². The van der Waals surface area contributed by atoms with Gasteiger partial charge in [0.05, 0.1) is 13.2 Å². The minimum atomic E-state index is -0.688. The first-order chi connectivity index (χ1) is 12.1. The Balaban J connectivity index is 1.68. The van der Waals surface area contributed by atoms with E-state index in [2.05, 4.69) is 41.7 Å². The molecule has 25 heavy (non-hydrogen) atoms. The lowest BCUT2D eigenvalue weighted by atomic mass is 9.80. The summed E-state index contributed by atoms with van der Waals surface area (Å²) in [5, 5.41) is 13.1. The first-order valence-corrected chi connectivity index (χ1v) is 8.79. The van der Waals surface area contributed by atoms with Crippen molar-refractivity contribution in [1.29, 1.82) is 0 Å². The lowest BCUT2D eigenvalue weighted by Crippen LogP contribution is -2.55. The number of hydrogen-bond acceptors (Lipinski definition) is 4. The Hall–Kier alpha value is -2.17. The predicted molar refractivity (Wildman–Crippen MR) is 97.9 cm³/mol. The molecule has 0 radical (unpaired) electrons. The van der Waals surface area contributed by atoms with Gasteiger partial charge in [-0.15, -0.1) is 0 Å². The molecule has 1 aliphatic rings. The van der Waals surface area contributed by atoms with E-state index < -0.39 is 5.54 Å². The van der Waals surface area contributed by atoms with E-state index in [1.54, 1.807) is 0 Å². The minimum Gasteiger partial charge on any atom is -0.468 e. The zero-order valence-electron chi connectivity index (χ0n) is 14.6. The van der Waals surface area contributed by atoms with Crippen molar-refractivity contribution in [3.63, 3.8) is 0 Å². The van der Waals surface area contributed by atoms with E-state index in [1.807, 2.05) is 18.2 Å². The van der Waals surface area contributed by atoms with Gasteiger partial charge in [-0.2, -0.15) is 0 Å². The summed E-state index contributed by atoms with van der Waals surface area (Å²) in [4.78, 5) is 12.3. The molecule has 0 unspecified atom stereocenters. The molecular weight excluding hydrogens is 314 g/mol. The van der Waals surface area contributed by atoms with Crippen molar-refractivity contribution in [3.05, 3.63) is 60.2 Å². The molecule has 0 amide bonds. The molecule has 3 rings (SSSR count). The summed E-state index contributed by atoms with van der Waals surface area (Å²) in [5.74, 6) is -0.236. The maximum Gasteiger partial charge on any atom is 0.326 e. The molecule has 4 nitrogen and oxygen atoms in total. The van der Waals surface area contributed by atoms with Crippen LogP contribution >= 0.6 is 0 Å². The van der Waals surface area contributed by atoms with Gasteiger partial charge in [-0.1, -0.05) is 54.6 Å². The van der Waals surface area contributed by atoms with Crippen molar-refractivity contribution in [1.82, 2.24) is 5.32 Å². The van der Waals surface area contributed by atoms with Crippen LogP contribution < -0.4 is 5.32 Å². The molecule has 1 fully saturated rings. The van der Waals surface area contributed by atoms with Crippen molar-refractivity contribution in [3.8, 4) is 11.1 Å². The standard InChI is InChI=1S/C21H25NO3/c1-25-20(24)21(13-11-19(23)12-14-21)22-15-16-7-9-18(10-8-16)17-5-3-2-4-6-17/h2-10,19,22-23H,11-15H2,1H3/t19-,21-. The predicted octanol–water partition coefficient (Wildman–Crippen LogP) is 3.29. The van der Waals surface area contributed by atoms with Crippen LogP contribution in [0.3, 0.4) is 0 Å². The fourth-order valence-corrected chi connectivity index (χ4v) is 3.46. The Morgan fingerprint density at radius 2 is 1.68 bits per heavy atom. The van der Waals surface area contributed by atoms with Gasteiger partial charge >= 0.3 is 5.97 Å². The highest BCUT2D eigenvalue weighted by atomic mass is 16.5. The lowest BCUT2D eigenvalue weighted by molar-refractivity contribution is -0.151. The molecule has 1 saturated carbocycles. The van der Waals surface area contributed by atoms with Gasteiger partial charge < -0.3 is 9.84 Å². The number of rotatable bonds is 5. The minimum absolute atomic E-state index is 0.236.